The van der Waals surface area contributed by atoms with Crippen LogP contribution in [-0.2, 0) is 17.6 Å². The summed E-state index contributed by atoms with van der Waals surface area (Å²) in [7, 11) is 3.25. The quantitative estimate of drug-likeness (QED) is 0.439. The largest absolute Gasteiger partial charge is 0.493 e. The van der Waals surface area contributed by atoms with Crippen molar-refractivity contribution in [2.45, 2.75) is 25.8 Å². The van der Waals surface area contributed by atoms with Crippen LogP contribution in [0.4, 0.5) is 4.39 Å². The van der Waals surface area contributed by atoms with E-state index < -0.39 is 0 Å². The van der Waals surface area contributed by atoms with Crippen molar-refractivity contribution in [3.63, 3.8) is 0 Å². The lowest BCUT2D eigenvalue weighted by atomic mass is 9.87. The second-order valence-corrected chi connectivity index (χ2v) is 8.65. The van der Waals surface area contributed by atoms with Gasteiger partial charge in [0.2, 0.25) is 5.91 Å². The number of amides is 1. The molecule has 0 saturated heterocycles. The lowest BCUT2D eigenvalue weighted by molar-refractivity contribution is -0.132. The predicted octanol–water partition coefficient (Wildman–Crippen LogP) is 5.35. The van der Waals surface area contributed by atoms with Crippen molar-refractivity contribution in [1.29, 1.82) is 0 Å². The molecule has 5 rings (SSSR count). The average molecular weight is 459 g/mol. The van der Waals surface area contributed by atoms with E-state index in [1.54, 1.807) is 20.3 Å². The summed E-state index contributed by atoms with van der Waals surface area (Å²) in [5.74, 6) is 1.02. The molecule has 174 valence electrons. The number of carbonyl (C=O) groups is 1. The SMILES string of the molecule is COc1cc2c(cc1OC)C(c1ccccc1)N(C(=O)Cc1c(C)[nH]c3ccc(F)cc13)CC2. The molecule has 1 atom stereocenters. The summed E-state index contributed by atoms with van der Waals surface area (Å²) in [6.45, 7) is 2.51. The van der Waals surface area contributed by atoms with Gasteiger partial charge in [0, 0.05) is 23.1 Å². The third-order valence-electron chi connectivity index (χ3n) is 6.72. The van der Waals surface area contributed by atoms with Crippen LogP contribution in [0.5, 0.6) is 11.5 Å². The number of halogens is 1. The number of carbonyl (C=O) groups excluding carboxylic acids is 1. The van der Waals surface area contributed by atoms with Gasteiger partial charge in [-0.05, 0) is 65.9 Å². The number of nitrogens with one attached hydrogen (secondary N) is 1. The summed E-state index contributed by atoms with van der Waals surface area (Å²) in [5.41, 5.74) is 5.76. The molecular formula is C28H27FN2O3. The molecule has 1 aromatic heterocycles. The molecule has 3 aromatic carbocycles. The average Bonchev–Trinajstić information content (AvgIpc) is 3.16. The third-order valence-corrected chi connectivity index (χ3v) is 6.72. The van der Waals surface area contributed by atoms with Gasteiger partial charge in [-0.1, -0.05) is 30.3 Å². The molecule has 6 heteroatoms. The Kier molecular flexibility index (Phi) is 5.74. The second-order valence-electron chi connectivity index (χ2n) is 8.65. The van der Waals surface area contributed by atoms with E-state index in [4.69, 9.17) is 9.47 Å². The zero-order valence-corrected chi connectivity index (χ0v) is 19.5. The van der Waals surface area contributed by atoms with Gasteiger partial charge in [-0.3, -0.25) is 4.79 Å². The standard InChI is InChI=1S/C28H27FN2O3/c1-17-21(23-14-20(29)9-10-24(23)30-17)16-27(32)31-12-11-19-13-25(33-2)26(34-3)15-22(19)28(31)18-7-5-4-6-8-18/h4-10,13-15,28,30H,11-12,16H2,1-3H3. The Morgan fingerprint density at radius 1 is 1.06 bits per heavy atom. The van der Waals surface area contributed by atoms with E-state index in [0.717, 1.165) is 38.9 Å². The molecule has 4 aromatic rings. The first kappa shape index (κ1) is 22.0. The molecule has 5 nitrogen and oxygen atoms in total. The molecule has 1 aliphatic heterocycles. The predicted molar refractivity (Wildman–Crippen MR) is 130 cm³/mol. The van der Waals surface area contributed by atoms with Gasteiger partial charge in [-0.25, -0.2) is 4.39 Å². The molecule has 34 heavy (non-hydrogen) atoms. The maximum Gasteiger partial charge on any atom is 0.227 e. The van der Waals surface area contributed by atoms with Crippen molar-refractivity contribution in [2.24, 2.45) is 0 Å². The Labute approximate surface area is 198 Å². The van der Waals surface area contributed by atoms with Crippen LogP contribution in [0.15, 0.2) is 60.7 Å². The van der Waals surface area contributed by atoms with E-state index >= 15 is 0 Å². The van der Waals surface area contributed by atoms with Crippen LogP contribution in [-0.4, -0.2) is 36.6 Å². The zero-order chi connectivity index (χ0) is 23.8. The first-order valence-corrected chi connectivity index (χ1v) is 11.4. The normalized spacial score (nSPS) is 15.3. The van der Waals surface area contributed by atoms with Crippen LogP contribution >= 0.6 is 0 Å². The lowest BCUT2D eigenvalue weighted by Gasteiger charge is -2.38. The van der Waals surface area contributed by atoms with Gasteiger partial charge in [-0.2, -0.15) is 0 Å². The van der Waals surface area contributed by atoms with Crippen LogP contribution in [0.1, 0.15) is 34.0 Å². The van der Waals surface area contributed by atoms with E-state index in [9.17, 15) is 9.18 Å². The Morgan fingerprint density at radius 3 is 2.53 bits per heavy atom. The number of methoxy groups -OCH3 is 2. The number of aromatic amines is 1. The summed E-state index contributed by atoms with van der Waals surface area (Å²) < 4.78 is 25.1. The Balaban J connectivity index is 1.57. The molecule has 0 bridgehead atoms. The van der Waals surface area contributed by atoms with E-state index in [2.05, 4.69) is 4.98 Å². The molecule has 0 spiro atoms. The van der Waals surface area contributed by atoms with Crippen molar-refractivity contribution >= 4 is 16.8 Å². The molecule has 0 saturated carbocycles. The minimum absolute atomic E-state index is 0.00236. The summed E-state index contributed by atoms with van der Waals surface area (Å²) in [4.78, 5) is 19.0. The van der Waals surface area contributed by atoms with Crippen molar-refractivity contribution in [2.75, 3.05) is 20.8 Å². The molecule has 0 radical (unpaired) electrons. The van der Waals surface area contributed by atoms with Crippen LogP contribution in [0.25, 0.3) is 10.9 Å². The minimum atomic E-state index is -0.310. The van der Waals surface area contributed by atoms with Crippen molar-refractivity contribution in [3.05, 3.63) is 94.4 Å². The minimum Gasteiger partial charge on any atom is -0.493 e. The molecule has 1 N–H and O–H groups in total. The molecule has 1 aliphatic rings. The fourth-order valence-corrected chi connectivity index (χ4v) is 5.04. The number of aromatic nitrogens is 1. The van der Waals surface area contributed by atoms with Crippen LogP contribution in [0, 0.1) is 12.7 Å². The zero-order valence-electron chi connectivity index (χ0n) is 19.5. The Morgan fingerprint density at radius 2 is 1.79 bits per heavy atom. The smallest absolute Gasteiger partial charge is 0.227 e. The van der Waals surface area contributed by atoms with Crippen molar-refractivity contribution in [1.82, 2.24) is 9.88 Å². The number of ether oxygens (including phenoxy) is 2. The van der Waals surface area contributed by atoms with Crippen LogP contribution in [0.3, 0.4) is 0 Å². The molecule has 1 amide bonds. The highest BCUT2D eigenvalue weighted by Crippen LogP contribution is 2.41. The van der Waals surface area contributed by atoms with Gasteiger partial charge >= 0.3 is 0 Å². The van der Waals surface area contributed by atoms with Gasteiger partial charge in [-0.15, -0.1) is 0 Å². The number of H-pyrrole nitrogens is 1. The number of hydrogen-bond acceptors (Lipinski definition) is 3. The van der Waals surface area contributed by atoms with E-state index in [1.165, 1.54) is 12.1 Å². The summed E-state index contributed by atoms with van der Waals surface area (Å²) in [5, 5.41) is 0.755. The first-order valence-electron chi connectivity index (χ1n) is 11.4. The van der Waals surface area contributed by atoms with Crippen molar-refractivity contribution in [3.8, 4) is 11.5 Å². The number of nitrogens with zero attached hydrogens (tertiary/aromatic N) is 1. The topological polar surface area (TPSA) is 54.6 Å². The van der Waals surface area contributed by atoms with Gasteiger partial charge in [0.05, 0.1) is 26.7 Å². The highest BCUT2D eigenvalue weighted by atomic mass is 19.1. The summed E-state index contributed by atoms with van der Waals surface area (Å²) >= 11 is 0. The Hall–Kier alpha value is -3.80. The van der Waals surface area contributed by atoms with Gasteiger partial charge in [0.25, 0.3) is 0 Å². The molecule has 0 fully saturated rings. The summed E-state index contributed by atoms with van der Waals surface area (Å²) in [6, 6.07) is 18.4. The van der Waals surface area contributed by atoms with E-state index in [-0.39, 0.29) is 24.2 Å². The van der Waals surface area contributed by atoms with Crippen molar-refractivity contribution < 1.29 is 18.7 Å². The molecular weight excluding hydrogens is 431 g/mol. The number of aryl methyl sites for hydroxylation is 1. The molecule has 1 unspecified atom stereocenters. The number of rotatable bonds is 5. The van der Waals surface area contributed by atoms with Gasteiger partial charge < -0.3 is 19.4 Å². The monoisotopic (exact) mass is 458 g/mol. The maximum absolute atomic E-state index is 14.0. The molecule has 2 heterocycles. The van der Waals surface area contributed by atoms with Gasteiger partial charge in [0.1, 0.15) is 5.82 Å². The second kappa shape index (κ2) is 8.86. The number of benzene rings is 3. The maximum atomic E-state index is 14.0. The summed E-state index contributed by atoms with van der Waals surface area (Å²) in [6.07, 6.45) is 0.910. The highest BCUT2D eigenvalue weighted by Gasteiger charge is 2.33. The first-order chi connectivity index (χ1) is 16.5. The van der Waals surface area contributed by atoms with E-state index in [0.29, 0.717) is 24.5 Å². The van der Waals surface area contributed by atoms with Gasteiger partial charge in [0.15, 0.2) is 11.5 Å². The van der Waals surface area contributed by atoms with Crippen LogP contribution in [0.2, 0.25) is 0 Å². The van der Waals surface area contributed by atoms with Crippen LogP contribution < -0.4 is 9.47 Å². The van der Waals surface area contributed by atoms with E-state index in [1.807, 2.05) is 54.3 Å². The lowest BCUT2D eigenvalue weighted by Crippen LogP contribution is -2.41. The third kappa shape index (κ3) is 3.79. The number of hydrogen-bond donors (Lipinski definition) is 1. The fraction of sp³-hybridized carbons (Fsp3) is 0.250. The highest BCUT2D eigenvalue weighted by molar-refractivity contribution is 5.90. The fourth-order valence-electron chi connectivity index (χ4n) is 5.04. The number of fused-ring (bicyclic) bond motifs is 2. The Bertz CT molecular complexity index is 1360. The molecule has 0 aliphatic carbocycles.